The lowest BCUT2D eigenvalue weighted by Crippen LogP contribution is -2.49. The smallest absolute Gasteiger partial charge is 0.241 e. The summed E-state index contributed by atoms with van der Waals surface area (Å²) in [6.45, 7) is 6.98. The summed E-state index contributed by atoms with van der Waals surface area (Å²) in [5.41, 5.74) is -0.284. The molecule has 2 rings (SSSR count). The van der Waals surface area contributed by atoms with Crippen LogP contribution in [0.4, 0.5) is 0 Å². The summed E-state index contributed by atoms with van der Waals surface area (Å²) >= 11 is 0. The fraction of sp³-hybridized carbons (Fsp3) is 0.941. The van der Waals surface area contributed by atoms with E-state index in [0.717, 1.165) is 19.3 Å². The molecule has 4 heteroatoms. The van der Waals surface area contributed by atoms with Crippen molar-refractivity contribution in [1.29, 1.82) is 0 Å². The summed E-state index contributed by atoms with van der Waals surface area (Å²) in [7, 11) is 1.73. The normalized spacial score (nSPS) is 27.8. The second-order valence-corrected chi connectivity index (χ2v) is 7.28. The van der Waals surface area contributed by atoms with Crippen LogP contribution in [0, 0.1) is 5.92 Å². The SMILES string of the molecule is CCCCC1NC(C2CCCC2)N(CC(C)(C)OC)C1=O. The molecule has 0 bridgehead atoms. The minimum atomic E-state index is -0.284. The Morgan fingerprint density at radius 1 is 1.33 bits per heavy atom. The van der Waals surface area contributed by atoms with E-state index < -0.39 is 0 Å². The third-order valence-corrected chi connectivity index (χ3v) is 5.09. The van der Waals surface area contributed by atoms with Gasteiger partial charge in [0.05, 0.1) is 24.4 Å². The number of carbonyl (C=O) groups is 1. The summed E-state index contributed by atoms with van der Waals surface area (Å²) in [6.07, 6.45) is 8.53. The molecule has 1 amide bonds. The van der Waals surface area contributed by atoms with Crippen molar-refractivity contribution in [1.82, 2.24) is 10.2 Å². The van der Waals surface area contributed by atoms with E-state index in [-0.39, 0.29) is 23.7 Å². The zero-order chi connectivity index (χ0) is 15.5. The van der Waals surface area contributed by atoms with E-state index in [1.54, 1.807) is 7.11 Å². The minimum Gasteiger partial charge on any atom is -0.377 e. The number of methoxy groups -OCH3 is 1. The second-order valence-electron chi connectivity index (χ2n) is 7.28. The van der Waals surface area contributed by atoms with E-state index in [9.17, 15) is 4.79 Å². The van der Waals surface area contributed by atoms with Crippen molar-refractivity contribution in [3.05, 3.63) is 0 Å². The average Bonchev–Trinajstić information content (AvgIpc) is 3.07. The van der Waals surface area contributed by atoms with Crippen molar-refractivity contribution in [2.24, 2.45) is 5.92 Å². The molecular formula is C17H32N2O2. The van der Waals surface area contributed by atoms with Crippen LogP contribution in [0.5, 0.6) is 0 Å². The van der Waals surface area contributed by atoms with Gasteiger partial charge in [-0.15, -0.1) is 0 Å². The molecule has 0 spiro atoms. The van der Waals surface area contributed by atoms with Gasteiger partial charge in [-0.25, -0.2) is 0 Å². The second kappa shape index (κ2) is 7.10. The van der Waals surface area contributed by atoms with Crippen molar-refractivity contribution < 1.29 is 9.53 Å². The highest BCUT2D eigenvalue weighted by molar-refractivity contribution is 5.84. The Morgan fingerprint density at radius 2 is 2.00 bits per heavy atom. The van der Waals surface area contributed by atoms with Gasteiger partial charge in [-0.05, 0) is 39.0 Å². The molecule has 2 fully saturated rings. The van der Waals surface area contributed by atoms with Gasteiger partial charge in [0, 0.05) is 7.11 Å². The van der Waals surface area contributed by atoms with Crippen LogP contribution in [0.3, 0.4) is 0 Å². The highest BCUT2D eigenvalue weighted by atomic mass is 16.5. The lowest BCUT2D eigenvalue weighted by atomic mass is 10.0. The fourth-order valence-electron chi connectivity index (χ4n) is 3.63. The zero-order valence-corrected chi connectivity index (χ0v) is 14.2. The maximum Gasteiger partial charge on any atom is 0.241 e. The van der Waals surface area contributed by atoms with Gasteiger partial charge in [-0.1, -0.05) is 32.6 Å². The molecule has 1 saturated carbocycles. The number of nitrogens with zero attached hydrogens (tertiary/aromatic N) is 1. The van der Waals surface area contributed by atoms with Gasteiger partial charge in [-0.3, -0.25) is 10.1 Å². The van der Waals surface area contributed by atoms with Crippen molar-refractivity contribution in [2.75, 3.05) is 13.7 Å². The molecule has 1 N–H and O–H groups in total. The quantitative estimate of drug-likeness (QED) is 0.785. The minimum absolute atomic E-state index is 0.0169. The molecule has 2 unspecified atom stereocenters. The van der Waals surface area contributed by atoms with Crippen LogP contribution in [0.1, 0.15) is 65.7 Å². The van der Waals surface area contributed by atoms with Gasteiger partial charge in [-0.2, -0.15) is 0 Å². The molecule has 122 valence electrons. The summed E-state index contributed by atoms with van der Waals surface area (Å²) in [4.78, 5) is 14.8. The number of nitrogens with one attached hydrogen (secondary N) is 1. The van der Waals surface area contributed by atoms with Crippen molar-refractivity contribution in [2.45, 2.75) is 83.5 Å². The molecular weight excluding hydrogens is 264 g/mol. The average molecular weight is 296 g/mol. The van der Waals surface area contributed by atoms with E-state index in [1.165, 1.54) is 25.7 Å². The molecule has 2 atom stereocenters. The first-order valence-corrected chi connectivity index (χ1v) is 8.60. The number of hydrogen-bond acceptors (Lipinski definition) is 3. The molecule has 0 aromatic heterocycles. The highest BCUT2D eigenvalue weighted by Crippen LogP contribution is 2.33. The number of unbranched alkanes of at least 4 members (excludes halogenated alkanes) is 1. The summed E-state index contributed by atoms with van der Waals surface area (Å²) in [5.74, 6) is 0.902. The lowest BCUT2D eigenvalue weighted by molar-refractivity contribution is -0.134. The van der Waals surface area contributed by atoms with Crippen LogP contribution in [0.15, 0.2) is 0 Å². The monoisotopic (exact) mass is 296 g/mol. The Hall–Kier alpha value is -0.610. The number of ether oxygens (including phenoxy) is 1. The first-order chi connectivity index (χ1) is 9.98. The Labute approximate surface area is 129 Å². The maximum atomic E-state index is 12.8. The van der Waals surface area contributed by atoms with Gasteiger partial charge >= 0.3 is 0 Å². The molecule has 21 heavy (non-hydrogen) atoms. The molecule has 1 saturated heterocycles. The lowest BCUT2D eigenvalue weighted by Gasteiger charge is -2.35. The van der Waals surface area contributed by atoms with Gasteiger partial charge in [0.25, 0.3) is 0 Å². The fourth-order valence-corrected chi connectivity index (χ4v) is 3.63. The third kappa shape index (κ3) is 3.98. The Morgan fingerprint density at radius 3 is 2.57 bits per heavy atom. The first-order valence-electron chi connectivity index (χ1n) is 8.60. The largest absolute Gasteiger partial charge is 0.377 e. The van der Waals surface area contributed by atoms with Crippen LogP contribution in [0.25, 0.3) is 0 Å². The molecule has 2 aliphatic rings. The predicted octanol–water partition coefficient (Wildman–Crippen LogP) is 2.92. The molecule has 1 aliphatic carbocycles. The molecule has 1 heterocycles. The van der Waals surface area contributed by atoms with Gasteiger partial charge in [0.1, 0.15) is 0 Å². The Balaban J connectivity index is 2.09. The van der Waals surface area contributed by atoms with Crippen molar-refractivity contribution in [3.8, 4) is 0 Å². The highest BCUT2D eigenvalue weighted by Gasteiger charge is 2.44. The van der Waals surface area contributed by atoms with E-state index in [0.29, 0.717) is 12.5 Å². The summed E-state index contributed by atoms with van der Waals surface area (Å²) < 4.78 is 5.55. The number of amides is 1. The Kier molecular flexibility index (Phi) is 5.67. The van der Waals surface area contributed by atoms with E-state index >= 15 is 0 Å². The topological polar surface area (TPSA) is 41.6 Å². The van der Waals surface area contributed by atoms with Crippen LogP contribution >= 0.6 is 0 Å². The van der Waals surface area contributed by atoms with Gasteiger partial charge in [0.2, 0.25) is 5.91 Å². The standard InChI is InChI=1S/C17H32N2O2/c1-5-6-11-14-16(20)19(12-17(2,3)21-4)15(18-14)13-9-7-8-10-13/h13-15,18H,5-12H2,1-4H3. The molecule has 1 aliphatic heterocycles. The van der Waals surface area contributed by atoms with E-state index in [1.807, 2.05) is 0 Å². The summed E-state index contributed by atoms with van der Waals surface area (Å²) in [6, 6.07) is 0.0169. The van der Waals surface area contributed by atoms with Crippen LogP contribution < -0.4 is 5.32 Å². The molecule has 0 aromatic rings. The van der Waals surface area contributed by atoms with Gasteiger partial charge < -0.3 is 9.64 Å². The van der Waals surface area contributed by atoms with Crippen molar-refractivity contribution >= 4 is 5.91 Å². The number of hydrogen-bond donors (Lipinski definition) is 1. The van der Waals surface area contributed by atoms with Crippen LogP contribution in [-0.4, -0.2) is 42.3 Å². The summed E-state index contributed by atoms with van der Waals surface area (Å²) in [5, 5.41) is 3.64. The van der Waals surface area contributed by atoms with E-state index in [2.05, 4.69) is 31.0 Å². The van der Waals surface area contributed by atoms with Gasteiger partial charge in [0.15, 0.2) is 0 Å². The van der Waals surface area contributed by atoms with Crippen LogP contribution in [0.2, 0.25) is 0 Å². The first kappa shape index (κ1) is 16.8. The third-order valence-electron chi connectivity index (χ3n) is 5.09. The van der Waals surface area contributed by atoms with E-state index in [4.69, 9.17) is 4.74 Å². The molecule has 0 radical (unpaired) electrons. The maximum absolute atomic E-state index is 12.8. The predicted molar refractivity (Wildman–Crippen MR) is 85.0 cm³/mol. The Bertz CT molecular complexity index is 351. The molecule has 4 nitrogen and oxygen atoms in total. The number of rotatable bonds is 7. The zero-order valence-electron chi connectivity index (χ0n) is 14.2. The van der Waals surface area contributed by atoms with Crippen LogP contribution in [-0.2, 0) is 9.53 Å². The number of carbonyl (C=O) groups excluding carboxylic acids is 1. The molecule has 0 aromatic carbocycles. The van der Waals surface area contributed by atoms with Crippen molar-refractivity contribution in [3.63, 3.8) is 0 Å².